The highest BCUT2D eigenvalue weighted by molar-refractivity contribution is 6.00. The van der Waals surface area contributed by atoms with E-state index in [1.807, 2.05) is 24.3 Å². The molecule has 0 N–H and O–H groups in total. The van der Waals surface area contributed by atoms with Crippen molar-refractivity contribution in [2.45, 2.75) is 26.2 Å². The highest BCUT2D eigenvalue weighted by Gasteiger charge is 2.39. The number of carbonyl (C=O) groups excluding carboxylic acids is 3. The third-order valence-electron chi connectivity index (χ3n) is 6.32. The number of para-hydroxylation sites is 1. The van der Waals surface area contributed by atoms with Crippen molar-refractivity contribution in [3.63, 3.8) is 0 Å². The van der Waals surface area contributed by atoms with Crippen molar-refractivity contribution < 1.29 is 18.8 Å². The molecule has 3 amide bonds. The second-order valence-corrected chi connectivity index (χ2v) is 8.75. The van der Waals surface area contributed by atoms with Gasteiger partial charge in [-0.15, -0.1) is 0 Å². The first-order valence-corrected chi connectivity index (χ1v) is 11.1. The first kappa shape index (κ1) is 22.0. The van der Waals surface area contributed by atoms with Crippen molar-refractivity contribution in [2.75, 3.05) is 37.6 Å². The first-order valence-electron chi connectivity index (χ1n) is 11.1. The standard InChI is InChI=1S/C25H28FN3O3/c1-17(2)18-7-9-19(10-8-18)24(31)27-11-13-28(14-12-27)25(32)20-15-23(30)29(16-20)22-6-4-3-5-21(22)26/h3-10,17,20H,11-16H2,1-2H3. The molecule has 6 nitrogen and oxygen atoms in total. The van der Waals surface area contributed by atoms with Gasteiger partial charge in [0.2, 0.25) is 11.8 Å². The maximum absolute atomic E-state index is 14.1. The summed E-state index contributed by atoms with van der Waals surface area (Å²) in [5.74, 6) is -0.937. The Bertz CT molecular complexity index is 1010. The Hall–Kier alpha value is -3.22. The van der Waals surface area contributed by atoms with Gasteiger partial charge in [0.05, 0.1) is 11.6 Å². The van der Waals surface area contributed by atoms with Crippen molar-refractivity contribution >= 4 is 23.4 Å². The quantitative estimate of drug-likeness (QED) is 0.738. The van der Waals surface area contributed by atoms with E-state index in [-0.39, 0.29) is 36.4 Å². The van der Waals surface area contributed by atoms with Crippen LogP contribution in [-0.2, 0) is 9.59 Å². The lowest BCUT2D eigenvalue weighted by Gasteiger charge is -2.36. The van der Waals surface area contributed by atoms with E-state index in [2.05, 4.69) is 13.8 Å². The van der Waals surface area contributed by atoms with Gasteiger partial charge in [0.25, 0.3) is 5.91 Å². The van der Waals surface area contributed by atoms with Crippen LogP contribution >= 0.6 is 0 Å². The molecule has 0 radical (unpaired) electrons. The first-order chi connectivity index (χ1) is 15.3. The van der Waals surface area contributed by atoms with E-state index in [9.17, 15) is 18.8 Å². The predicted octanol–water partition coefficient (Wildman–Crippen LogP) is 3.29. The van der Waals surface area contributed by atoms with E-state index in [0.29, 0.717) is 37.7 Å². The van der Waals surface area contributed by atoms with Crippen molar-refractivity contribution in [2.24, 2.45) is 5.92 Å². The highest BCUT2D eigenvalue weighted by atomic mass is 19.1. The fraction of sp³-hybridized carbons (Fsp3) is 0.400. The van der Waals surface area contributed by atoms with Crippen LogP contribution in [0, 0.1) is 11.7 Å². The van der Waals surface area contributed by atoms with Gasteiger partial charge < -0.3 is 14.7 Å². The molecule has 2 aliphatic rings. The molecule has 168 valence electrons. The van der Waals surface area contributed by atoms with Crippen molar-refractivity contribution in [1.29, 1.82) is 0 Å². The van der Waals surface area contributed by atoms with Gasteiger partial charge in [0.1, 0.15) is 5.82 Å². The Morgan fingerprint density at radius 3 is 2.19 bits per heavy atom. The fourth-order valence-electron chi connectivity index (χ4n) is 4.36. The zero-order chi connectivity index (χ0) is 22.8. The molecule has 2 aromatic rings. The third-order valence-corrected chi connectivity index (χ3v) is 6.32. The Labute approximate surface area is 187 Å². The highest BCUT2D eigenvalue weighted by Crippen LogP contribution is 2.28. The van der Waals surface area contributed by atoms with Gasteiger partial charge in [-0.3, -0.25) is 14.4 Å². The average molecular weight is 438 g/mol. The van der Waals surface area contributed by atoms with Crippen LogP contribution in [0.2, 0.25) is 0 Å². The van der Waals surface area contributed by atoms with Crippen molar-refractivity contribution in [3.05, 3.63) is 65.5 Å². The normalized spacial score (nSPS) is 19.1. The van der Waals surface area contributed by atoms with Gasteiger partial charge in [-0.25, -0.2) is 4.39 Å². The molecular formula is C25H28FN3O3. The molecule has 0 bridgehead atoms. The van der Waals surface area contributed by atoms with Crippen LogP contribution in [0.1, 0.15) is 42.1 Å². The molecule has 0 spiro atoms. The summed E-state index contributed by atoms with van der Waals surface area (Å²) in [5.41, 5.74) is 2.05. The Morgan fingerprint density at radius 2 is 1.56 bits per heavy atom. The molecule has 0 saturated carbocycles. The third kappa shape index (κ3) is 4.38. The van der Waals surface area contributed by atoms with E-state index >= 15 is 0 Å². The number of hydrogen-bond acceptors (Lipinski definition) is 3. The molecule has 7 heteroatoms. The van der Waals surface area contributed by atoms with Crippen LogP contribution in [0.25, 0.3) is 0 Å². The number of halogens is 1. The average Bonchev–Trinajstić information content (AvgIpc) is 3.20. The van der Waals surface area contributed by atoms with Crippen molar-refractivity contribution in [1.82, 2.24) is 9.80 Å². The number of hydrogen-bond donors (Lipinski definition) is 0. The molecule has 2 saturated heterocycles. The summed E-state index contributed by atoms with van der Waals surface area (Å²) in [6.45, 7) is 6.17. The van der Waals surface area contributed by atoms with E-state index in [1.165, 1.54) is 16.5 Å². The zero-order valence-electron chi connectivity index (χ0n) is 18.5. The number of rotatable bonds is 4. The second kappa shape index (κ2) is 9.10. The van der Waals surface area contributed by atoms with Crippen LogP contribution in [0.5, 0.6) is 0 Å². The molecular weight excluding hydrogens is 409 g/mol. The SMILES string of the molecule is CC(C)c1ccc(C(=O)N2CCN(C(=O)C3CC(=O)N(c4ccccc4F)C3)CC2)cc1. The minimum absolute atomic E-state index is 0.0332. The molecule has 32 heavy (non-hydrogen) atoms. The maximum Gasteiger partial charge on any atom is 0.253 e. The van der Waals surface area contributed by atoms with Gasteiger partial charge in [0, 0.05) is 44.7 Å². The fourth-order valence-corrected chi connectivity index (χ4v) is 4.36. The summed E-state index contributed by atoms with van der Waals surface area (Å²) < 4.78 is 14.1. The van der Waals surface area contributed by atoms with E-state index in [1.54, 1.807) is 28.0 Å². The minimum atomic E-state index is -0.493. The lowest BCUT2D eigenvalue weighted by atomic mass is 10.0. The summed E-state index contributed by atoms with van der Waals surface area (Å²) in [6.07, 6.45) is 0.0779. The number of carbonyl (C=O) groups is 3. The molecule has 0 aliphatic carbocycles. The number of anilines is 1. The van der Waals surface area contributed by atoms with E-state index in [0.717, 1.165) is 0 Å². The summed E-state index contributed by atoms with van der Waals surface area (Å²) in [7, 11) is 0. The summed E-state index contributed by atoms with van der Waals surface area (Å²) in [4.78, 5) is 43.1. The lowest BCUT2D eigenvalue weighted by Crippen LogP contribution is -2.52. The Balaban J connectivity index is 1.34. The molecule has 2 fully saturated rings. The zero-order valence-corrected chi connectivity index (χ0v) is 18.5. The molecule has 2 aromatic carbocycles. The lowest BCUT2D eigenvalue weighted by molar-refractivity contribution is -0.137. The number of piperazine rings is 1. The summed E-state index contributed by atoms with van der Waals surface area (Å²) in [6, 6.07) is 13.8. The summed E-state index contributed by atoms with van der Waals surface area (Å²) in [5, 5.41) is 0. The Morgan fingerprint density at radius 1 is 0.938 bits per heavy atom. The number of nitrogens with zero attached hydrogens (tertiary/aromatic N) is 3. The molecule has 1 atom stereocenters. The van der Waals surface area contributed by atoms with Gasteiger partial charge in [-0.1, -0.05) is 38.1 Å². The second-order valence-electron chi connectivity index (χ2n) is 8.75. The topological polar surface area (TPSA) is 60.9 Å². The number of amides is 3. The van der Waals surface area contributed by atoms with E-state index in [4.69, 9.17) is 0 Å². The molecule has 0 aromatic heterocycles. The predicted molar refractivity (Wildman–Crippen MR) is 120 cm³/mol. The maximum atomic E-state index is 14.1. The molecule has 4 rings (SSSR count). The Kier molecular flexibility index (Phi) is 6.26. The summed E-state index contributed by atoms with van der Waals surface area (Å²) >= 11 is 0. The van der Waals surface area contributed by atoms with Crippen LogP contribution in [0.15, 0.2) is 48.5 Å². The minimum Gasteiger partial charge on any atom is -0.339 e. The monoisotopic (exact) mass is 437 g/mol. The van der Waals surface area contributed by atoms with Gasteiger partial charge >= 0.3 is 0 Å². The van der Waals surface area contributed by atoms with Gasteiger partial charge in [-0.2, -0.15) is 0 Å². The molecule has 1 unspecified atom stereocenters. The molecule has 2 aliphatic heterocycles. The van der Waals surface area contributed by atoms with Gasteiger partial charge in [-0.05, 0) is 35.7 Å². The van der Waals surface area contributed by atoms with Crippen LogP contribution < -0.4 is 4.90 Å². The van der Waals surface area contributed by atoms with Gasteiger partial charge in [0.15, 0.2) is 0 Å². The van der Waals surface area contributed by atoms with Crippen LogP contribution in [0.3, 0.4) is 0 Å². The van der Waals surface area contributed by atoms with Crippen molar-refractivity contribution in [3.8, 4) is 0 Å². The number of benzene rings is 2. The largest absolute Gasteiger partial charge is 0.339 e. The van der Waals surface area contributed by atoms with Crippen LogP contribution in [-0.4, -0.2) is 60.2 Å². The molecule has 2 heterocycles. The van der Waals surface area contributed by atoms with E-state index < -0.39 is 11.7 Å². The van der Waals surface area contributed by atoms with Crippen LogP contribution in [0.4, 0.5) is 10.1 Å². The smallest absolute Gasteiger partial charge is 0.253 e.